The van der Waals surface area contributed by atoms with Crippen LogP contribution in [0.1, 0.15) is 0 Å². The van der Waals surface area contributed by atoms with Gasteiger partial charge in [0.15, 0.2) is 0 Å². The van der Waals surface area contributed by atoms with Crippen LogP contribution in [-0.4, -0.2) is 12.1 Å². The van der Waals surface area contributed by atoms with Crippen molar-refractivity contribution in [2.75, 3.05) is 0 Å². The number of nitrogens with zero attached hydrogens (tertiary/aromatic N) is 1. The fourth-order valence-electron chi connectivity index (χ4n) is 0.0876. The van der Waals surface area contributed by atoms with Crippen molar-refractivity contribution in [2.24, 2.45) is 5.16 Å². The highest BCUT2D eigenvalue weighted by atomic mass is 127. The Kier molecular flexibility index (Phi) is 5.37. The van der Waals surface area contributed by atoms with Crippen molar-refractivity contribution < 1.29 is 3.17 Å². The summed E-state index contributed by atoms with van der Waals surface area (Å²) in [5.41, 5.74) is 0. The molecule has 1 N–H and O–H groups in total. The van der Waals surface area contributed by atoms with Crippen molar-refractivity contribution in [3.63, 3.8) is 0 Å². The van der Waals surface area contributed by atoms with E-state index in [0.29, 0.717) is 0 Å². The van der Waals surface area contributed by atoms with Crippen LogP contribution in [0.15, 0.2) is 11.2 Å². The van der Waals surface area contributed by atoms with Crippen molar-refractivity contribution >= 4 is 35.1 Å². The largest absolute Gasteiger partial charge is 0.319 e. The maximum absolute atomic E-state index is 6.42. The van der Waals surface area contributed by atoms with Crippen LogP contribution in [-0.2, 0) is 3.17 Å². The molecule has 4 heteroatoms. The summed E-state index contributed by atoms with van der Waals surface area (Å²) in [7, 11) is 0. The van der Waals surface area contributed by atoms with E-state index >= 15 is 0 Å². The summed E-state index contributed by atoms with van der Waals surface area (Å²) in [5.74, 6) is 2.31. The third-order valence-electron chi connectivity index (χ3n) is 0.245. The third-order valence-corrected chi connectivity index (χ3v) is 0.442. The SMILES string of the molecule is N=CC=C=NOI. The van der Waals surface area contributed by atoms with Gasteiger partial charge in [-0.2, -0.15) is 0 Å². The van der Waals surface area contributed by atoms with Crippen molar-refractivity contribution in [2.45, 2.75) is 0 Å². The fraction of sp³-hybridized carbons (Fsp3) is 0. The lowest BCUT2D eigenvalue weighted by Crippen LogP contribution is -1.57. The lowest BCUT2D eigenvalue weighted by Gasteiger charge is -1.67. The Morgan fingerprint density at radius 2 is 2.57 bits per heavy atom. The minimum absolute atomic E-state index is 1.07. The highest BCUT2D eigenvalue weighted by Crippen LogP contribution is 1.80. The van der Waals surface area contributed by atoms with Gasteiger partial charge in [0, 0.05) is 18.2 Å². The average Bonchev–Trinajstić information content (AvgIpc) is 1.69. The van der Waals surface area contributed by atoms with Crippen molar-refractivity contribution in [3.05, 3.63) is 6.08 Å². The summed E-state index contributed by atoms with van der Waals surface area (Å²) < 4.78 is 4.19. The van der Waals surface area contributed by atoms with E-state index in [9.17, 15) is 0 Å². The molecule has 0 saturated carbocycles. The maximum atomic E-state index is 6.42. The molecule has 7 heavy (non-hydrogen) atoms. The van der Waals surface area contributed by atoms with E-state index in [1.165, 1.54) is 6.08 Å². The first-order chi connectivity index (χ1) is 3.41. The predicted octanol–water partition coefficient (Wildman–Crippen LogP) is 1.14. The van der Waals surface area contributed by atoms with Gasteiger partial charge in [-0.05, 0) is 5.16 Å². The van der Waals surface area contributed by atoms with Crippen LogP contribution in [0.25, 0.3) is 0 Å². The fourth-order valence-corrected chi connectivity index (χ4v) is 0.201. The molecule has 0 aliphatic heterocycles. The summed E-state index contributed by atoms with van der Waals surface area (Å²) in [6.45, 7) is 0. The number of hydrogen-bond acceptors (Lipinski definition) is 3. The molecule has 0 saturated heterocycles. The molecule has 0 spiro atoms. The van der Waals surface area contributed by atoms with Crippen LogP contribution in [0.3, 0.4) is 0 Å². The summed E-state index contributed by atoms with van der Waals surface area (Å²) in [5, 5.41) is 9.61. The van der Waals surface area contributed by atoms with Crippen LogP contribution in [0.5, 0.6) is 0 Å². The highest BCUT2D eigenvalue weighted by molar-refractivity contribution is 14.1. The Morgan fingerprint density at radius 3 is 3.00 bits per heavy atom. The van der Waals surface area contributed by atoms with E-state index < -0.39 is 0 Å². The summed E-state index contributed by atoms with van der Waals surface area (Å²) in [4.78, 5) is 0. The van der Waals surface area contributed by atoms with Crippen LogP contribution in [0, 0.1) is 5.41 Å². The van der Waals surface area contributed by atoms with E-state index in [1.807, 2.05) is 0 Å². The number of hydrogen-bond donors (Lipinski definition) is 1. The Bertz CT molecular complexity index is 106. The van der Waals surface area contributed by atoms with E-state index in [-0.39, 0.29) is 0 Å². The van der Waals surface area contributed by atoms with Crippen LogP contribution in [0.4, 0.5) is 0 Å². The molecule has 0 aromatic heterocycles. The molecular formula is C3H3IN2O. The van der Waals surface area contributed by atoms with Gasteiger partial charge in [0.05, 0.1) is 0 Å². The zero-order chi connectivity index (χ0) is 5.54. The zero-order valence-electron chi connectivity index (χ0n) is 3.39. The topological polar surface area (TPSA) is 45.4 Å². The number of rotatable bonds is 2. The molecular weight excluding hydrogens is 207 g/mol. The first-order valence-corrected chi connectivity index (χ1v) is 2.35. The normalized spacial score (nSPS) is 5.86. The van der Waals surface area contributed by atoms with Gasteiger partial charge in [-0.3, -0.25) is 0 Å². The minimum atomic E-state index is 1.07. The van der Waals surface area contributed by atoms with Gasteiger partial charge in [0.2, 0.25) is 23.0 Å². The van der Waals surface area contributed by atoms with Gasteiger partial charge in [-0.25, -0.2) is 0 Å². The lowest BCUT2D eigenvalue weighted by atomic mass is 10.7. The average molecular weight is 210 g/mol. The predicted molar refractivity (Wildman–Crippen MR) is 35.9 cm³/mol. The molecule has 0 amide bonds. The number of allylic oxidation sites excluding steroid dienone is 1. The molecule has 3 nitrogen and oxygen atoms in total. The van der Waals surface area contributed by atoms with Gasteiger partial charge in [-0.1, -0.05) is 0 Å². The van der Waals surface area contributed by atoms with Gasteiger partial charge >= 0.3 is 0 Å². The Hall–Kier alpha value is -0.350. The quantitative estimate of drug-likeness (QED) is 0.414. The van der Waals surface area contributed by atoms with Crippen LogP contribution < -0.4 is 0 Å². The summed E-state index contributed by atoms with van der Waals surface area (Å²) >= 11 is 1.60. The highest BCUT2D eigenvalue weighted by Gasteiger charge is 1.54. The van der Waals surface area contributed by atoms with Crippen molar-refractivity contribution in [3.8, 4) is 0 Å². The standard InChI is InChI=1S/C3H3IN2O/c4-7-6-3-1-2-5/h1-2,5H. The second kappa shape index (κ2) is 5.65. The van der Waals surface area contributed by atoms with Crippen molar-refractivity contribution in [1.29, 1.82) is 5.41 Å². The zero-order valence-corrected chi connectivity index (χ0v) is 5.55. The van der Waals surface area contributed by atoms with Gasteiger partial charge in [0.1, 0.15) is 0 Å². The van der Waals surface area contributed by atoms with E-state index in [0.717, 1.165) is 6.21 Å². The molecule has 0 unspecified atom stereocenters. The number of nitrogens with one attached hydrogen (secondary N) is 1. The summed E-state index contributed by atoms with van der Waals surface area (Å²) in [6.07, 6.45) is 2.40. The second-order valence-corrected chi connectivity index (χ2v) is 1.02. The molecule has 0 aliphatic rings. The van der Waals surface area contributed by atoms with Gasteiger partial charge in [-0.15, -0.1) is 0 Å². The Labute approximate surface area is 55.2 Å². The number of halogens is 1. The van der Waals surface area contributed by atoms with Crippen molar-refractivity contribution in [1.82, 2.24) is 0 Å². The van der Waals surface area contributed by atoms with Crippen LogP contribution >= 0.6 is 23.0 Å². The van der Waals surface area contributed by atoms with E-state index in [4.69, 9.17) is 5.41 Å². The smallest absolute Gasteiger partial charge is 0.231 e. The Morgan fingerprint density at radius 1 is 1.86 bits per heavy atom. The van der Waals surface area contributed by atoms with E-state index in [2.05, 4.69) is 14.2 Å². The molecule has 38 valence electrons. The molecule has 0 heterocycles. The molecule has 0 rings (SSSR count). The lowest BCUT2D eigenvalue weighted by molar-refractivity contribution is 0.469. The summed E-state index contributed by atoms with van der Waals surface area (Å²) in [6, 6.07) is 0. The monoisotopic (exact) mass is 210 g/mol. The Balaban J connectivity index is 3.40. The molecule has 0 atom stereocenters. The second-order valence-electron chi connectivity index (χ2n) is 0.623. The molecule has 0 bridgehead atoms. The molecule has 0 aromatic carbocycles. The first-order valence-electron chi connectivity index (χ1n) is 1.47. The minimum Gasteiger partial charge on any atom is -0.319 e. The molecule has 0 aromatic rings. The molecule has 0 radical (unpaired) electrons. The third kappa shape index (κ3) is 5.65. The first kappa shape index (κ1) is 6.65. The molecule has 0 aliphatic carbocycles. The maximum Gasteiger partial charge on any atom is 0.231 e. The van der Waals surface area contributed by atoms with Crippen LogP contribution in [0.2, 0.25) is 0 Å². The van der Waals surface area contributed by atoms with Gasteiger partial charge < -0.3 is 8.58 Å². The molecule has 0 fully saturated rings. The van der Waals surface area contributed by atoms with Gasteiger partial charge in [0.25, 0.3) is 0 Å². The van der Waals surface area contributed by atoms with E-state index in [1.54, 1.807) is 23.0 Å².